The van der Waals surface area contributed by atoms with Crippen LogP contribution in [-0.2, 0) is 9.59 Å². The van der Waals surface area contributed by atoms with Gasteiger partial charge in [0.2, 0.25) is 5.91 Å². The van der Waals surface area contributed by atoms with Crippen LogP contribution in [0.25, 0.3) is 6.08 Å². The van der Waals surface area contributed by atoms with E-state index < -0.39 is 17.1 Å². The highest BCUT2D eigenvalue weighted by atomic mass is 35.5. The zero-order valence-corrected chi connectivity index (χ0v) is 14.6. The monoisotopic (exact) mass is 378 g/mol. The number of halogens is 1. The Hall–Kier alpha value is -2.09. The number of thiophene rings is 1. The van der Waals surface area contributed by atoms with E-state index in [0.717, 1.165) is 22.2 Å². The number of carbonyl (C=O) groups is 3. The van der Waals surface area contributed by atoms with E-state index in [-0.39, 0.29) is 6.54 Å². The molecular weight excluding hydrogens is 368 g/mol. The second-order valence-corrected chi connectivity index (χ2v) is 7.03. The van der Waals surface area contributed by atoms with Gasteiger partial charge in [0.1, 0.15) is 6.54 Å². The minimum Gasteiger partial charge on any atom is -0.323 e. The summed E-state index contributed by atoms with van der Waals surface area (Å²) in [5, 5.41) is 6.27. The van der Waals surface area contributed by atoms with Crippen LogP contribution in [0.4, 0.5) is 10.5 Å². The molecule has 1 saturated heterocycles. The van der Waals surface area contributed by atoms with Crippen molar-refractivity contribution < 1.29 is 14.4 Å². The van der Waals surface area contributed by atoms with Crippen molar-refractivity contribution in [3.63, 3.8) is 0 Å². The van der Waals surface area contributed by atoms with E-state index in [1.807, 2.05) is 16.8 Å². The average molecular weight is 379 g/mol. The van der Waals surface area contributed by atoms with Crippen molar-refractivity contribution in [1.82, 2.24) is 4.90 Å². The normalized spacial score (nSPS) is 16.0. The lowest BCUT2D eigenvalue weighted by Gasteiger charge is -2.13. The number of nitrogens with zero attached hydrogens (tertiary/aromatic N) is 1. The molecule has 0 saturated carbocycles. The summed E-state index contributed by atoms with van der Waals surface area (Å²) in [6.07, 6.45) is 1.65. The lowest BCUT2D eigenvalue weighted by Crippen LogP contribution is -2.36. The molecule has 0 aliphatic carbocycles. The maximum atomic E-state index is 12.3. The van der Waals surface area contributed by atoms with Gasteiger partial charge in [-0.25, -0.2) is 0 Å². The number of anilines is 1. The van der Waals surface area contributed by atoms with Gasteiger partial charge in [0.25, 0.3) is 11.1 Å². The Morgan fingerprint density at radius 3 is 2.75 bits per heavy atom. The SMILES string of the molecule is O=C(CN1C(=O)S/C(=C/c2ccsc2)C1=O)Nc1ccccc1Cl. The highest BCUT2D eigenvalue weighted by Crippen LogP contribution is 2.32. The molecule has 8 heteroatoms. The quantitative estimate of drug-likeness (QED) is 0.814. The third kappa shape index (κ3) is 3.69. The summed E-state index contributed by atoms with van der Waals surface area (Å²) in [6.45, 7) is -0.350. The fourth-order valence-corrected chi connectivity index (χ4v) is 3.68. The number of imide groups is 1. The Labute approximate surface area is 151 Å². The van der Waals surface area contributed by atoms with Gasteiger partial charge in [-0.15, -0.1) is 0 Å². The van der Waals surface area contributed by atoms with Gasteiger partial charge in [-0.1, -0.05) is 23.7 Å². The molecule has 2 heterocycles. The highest BCUT2D eigenvalue weighted by Gasteiger charge is 2.36. The summed E-state index contributed by atoms with van der Waals surface area (Å²) in [5.74, 6) is -0.951. The maximum absolute atomic E-state index is 12.3. The number of benzene rings is 1. The molecule has 1 aliphatic heterocycles. The number of thioether (sulfide) groups is 1. The summed E-state index contributed by atoms with van der Waals surface area (Å²) in [7, 11) is 0. The van der Waals surface area contributed by atoms with E-state index in [0.29, 0.717) is 15.6 Å². The molecule has 24 heavy (non-hydrogen) atoms. The molecule has 0 radical (unpaired) electrons. The van der Waals surface area contributed by atoms with Crippen molar-refractivity contribution in [2.75, 3.05) is 11.9 Å². The summed E-state index contributed by atoms with van der Waals surface area (Å²) < 4.78 is 0. The van der Waals surface area contributed by atoms with Crippen molar-refractivity contribution in [3.8, 4) is 0 Å². The largest absolute Gasteiger partial charge is 0.323 e. The molecule has 1 aliphatic rings. The Kier molecular flexibility index (Phi) is 5.03. The molecule has 1 aromatic heterocycles. The van der Waals surface area contributed by atoms with E-state index in [2.05, 4.69) is 5.32 Å². The summed E-state index contributed by atoms with van der Waals surface area (Å²) in [5.41, 5.74) is 1.29. The molecule has 5 nitrogen and oxygen atoms in total. The molecular formula is C16H11ClN2O3S2. The fourth-order valence-electron chi connectivity index (χ4n) is 2.04. The number of carbonyl (C=O) groups excluding carboxylic acids is 3. The summed E-state index contributed by atoms with van der Waals surface area (Å²) in [4.78, 5) is 37.6. The number of nitrogens with one attached hydrogen (secondary N) is 1. The first-order valence-electron chi connectivity index (χ1n) is 6.86. The van der Waals surface area contributed by atoms with Crippen molar-refractivity contribution in [2.45, 2.75) is 0 Å². The highest BCUT2D eigenvalue weighted by molar-refractivity contribution is 8.18. The van der Waals surface area contributed by atoms with Crippen LogP contribution in [0.1, 0.15) is 5.56 Å². The summed E-state index contributed by atoms with van der Waals surface area (Å²) in [6, 6.07) is 8.60. The lowest BCUT2D eigenvalue weighted by molar-refractivity contribution is -0.127. The molecule has 0 spiro atoms. The van der Waals surface area contributed by atoms with Crippen molar-refractivity contribution in [1.29, 1.82) is 0 Å². The Balaban J connectivity index is 1.69. The number of amides is 3. The van der Waals surface area contributed by atoms with E-state index in [9.17, 15) is 14.4 Å². The zero-order chi connectivity index (χ0) is 17.1. The fraction of sp³-hybridized carbons (Fsp3) is 0.0625. The topological polar surface area (TPSA) is 66.5 Å². The van der Waals surface area contributed by atoms with Crippen LogP contribution >= 0.6 is 34.7 Å². The molecule has 1 fully saturated rings. The van der Waals surface area contributed by atoms with Crippen LogP contribution in [-0.4, -0.2) is 28.5 Å². The van der Waals surface area contributed by atoms with E-state index >= 15 is 0 Å². The third-order valence-electron chi connectivity index (χ3n) is 3.16. The van der Waals surface area contributed by atoms with Crippen LogP contribution < -0.4 is 5.32 Å². The molecule has 3 rings (SSSR count). The van der Waals surface area contributed by atoms with Crippen LogP contribution in [0.5, 0.6) is 0 Å². The van der Waals surface area contributed by atoms with Gasteiger partial charge in [0.05, 0.1) is 15.6 Å². The predicted molar refractivity (Wildman–Crippen MR) is 97.1 cm³/mol. The molecule has 1 aromatic carbocycles. The van der Waals surface area contributed by atoms with Gasteiger partial charge in [0.15, 0.2) is 0 Å². The molecule has 0 unspecified atom stereocenters. The molecule has 1 N–H and O–H groups in total. The minimum atomic E-state index is -0.484. The van der Waals surface area contributed by atoms with Crippen LogP contribution in [0, 0.1) is 0 Å². The smallest absolute Gasteiger partial charge is 0.294 e. The molecule has 0 bridgehead atoms. The molecule has 3 amide bonds. The van der Waals surface area contributed by atoms with E-state index in [4.69, 9.17) is 11.6 Å². The molecule has 122 valence electrons. The Morgan fingerprint density at radius 1 is 1.25 bits per heavy atom. The van der Waals surface area contributed by atoms with Gasteiger partial charge in [-0.3, -0.25) is 19.3 Å². The number of hydrogen-bond acceptors (Lipinski definition) is 5. The van der Waals surface area contributed by atoms with Gasteiger partial charge in [-0.05, 0) is 52.4 Å². The first-order valence-corrected chi connectivity index (χ1v) is 9.00. The average Bonchev–Trinajstić information content (AvgIpc) is 3.14. The van der Waals surface area contributed by atoms with Crippen molar-refractivity contribution >= 4 is 63.5 Å². The standard InChI is InChI=1S/C16H11ClN2O3S2/c17-11-3-1-2-4-12(11)18-14(20)8-19-15(21)13(24-16(19)22)7-10-5-6-23-9-10/h1-7,9H,8H2,(H,18,20)/b13-7+. The van der Waals surface area contributed by atoms with Crippen molar-refractivity contribution in [3.05, 3.63) is 56.6 Å². The number of para-hydroxylation sites is 1. The zero-order valence-electron chi connectivity index (χ0n) is 12.2. The van der Waals surface area contributed by atoms with Gasteiger partial charge in [0, 0.05) is 0 Å². The predicted octanol–water partition coefficient (Wildman–Crippen LogP) is 4.08. The number of hydrogen-bond donors (Lipinski definition) is 1. The van der Waals surface area contributed by atoms with Gasteiger partial charge in [-0.2, -0.15) is 11.3 Å². The Bertz CT molecular complexity index is 834. The van der Waals surface area contributed by atoms with Crippen molar-refractivity contribution in [2.24, 2.45) is 0 Å². The molecule has 0 atom stereocenters. The van der Waals surface area contributed by atoms with Gasteiger partial charge >= 0.3 is 0 Å². The van der Waals surface area contributed by atoms with Crippen LogP contribution in [0.15, 0.2) is 46.0 Å². The maximum Gasteiger partial charge on any atom is 0.294 e. The summed E-state index contributed by atoms with van der Waals surface area (Å²) >= 11 is 8.30. The Morgan fingerprint density at radius 2 is 2.04 bits per heavy atom. The lowest BCUT2D eigenvalue weighted by atomic mass is 10.3. The first-order chi connectivity index (χ1) is 11.5. The first kappa shape index (κ1) is 16.8. The van der Waals surface area contributed by atoms with E-state index in [1.165, 1.54) is 11.3 Å². The van der Waals surface area contributed by atoms with E-state index in [1.54, 1.807) is 30.3 Å². The second-order valence-electron chi connectivity index (χ2n) is 4.85. The number of rotatable bonds is 4. The third-order valence-corrected chi connectivity index (χ3v) is 5.10. The van der Waals surface area contributed by atoms with Crippen LogP contribution in [0.3, 0.4) is 0 Å². The van der Waals surface area contributed by atoms with Gasteiger partial charge < -0.3 is 5.32 Å². The minimum absolute atomic E-state index is 0.309. The van der Waals surface area contributed by atoms with Crippen LogP contribution in [0.2, 0.25) is 5.02 Å². The molecule has 2 aromatic rings. The second kappa shape index (κ2) is 7.21.